The van der Waals surface area contributed by atoms with Crippen molar-refractivity contribution in [3.8, 4) is 39.6 Å². The van der Waals surface area contributed by atoms with Gasteiger partial charge in [-0.1, -0.05) is 24.6 Å². The standard InChI is InChI=1S/C27H24ClF3N4O3/c1-15-13-34(14-27(15,30)31)23-9-17(12-32-25(23)38-3)20-11-18(29)10-19(24(20)36)16-4-5-22(21(28)8-16)35-7-6-33(2)26(35)37/h4-12,15,36H,13-14H2,1-3H3. The van der Waals surface area contributed by atoms with E-state index in [0.717, 1.165) is 6.07 Å². The molecular formula is C27H24ClF3N4O3. The zero-order valence-electron chi connectivity index (χ0n) is 20.8. The fraction of sp³-hybridized carbons (Fsp3) is 0.259. The lowest BCUT2D eigenvalue weighted by atomic mass is 9.97. The number of nitrogens with zero attached hydrogens (tertiary/aromatic N) is 4. The predicted molar refractivity (Wildman–Crippen MR) is 139 cm³/mol. The highest BCUT2D eigenvalue weighted by atomic mass is 35.5. The lowest BCUT2D eigenvalue weighted by molar-refractivity contribution is -0.0137. The highest BCUT2D eigenvalue weighted by Gasteiger charge is 2.46. The van der Waals surface area contributed by atoms with Gasteiger partial charge in [-0.15, -0.1) is 0 Å². The second kappa shape index (κ2) is 9.43. The molecule has 3 heterocycles. The van der Waals surface area contributed by atoms with E-state index in [9.17, 15) is 23.1 Å². The summed E-state index contributed by atoms with van der Waals surface area (Å²) in [6.45, 7) is 1.05. The molecule has 1 saturated heterocycles. The maximum Gasteiger partial charge on any atom is 0.332 e. The van der Waals surface area contributed by atoms with Crippen LogP contribution in [0.15, 0.2) is 59.8 Å². The Morgan fingerprint density at radius 3 is 2.39 bits per heavy atom. The zero-order valence-corrected chi connectivity index (χ0v) is 21.5. The Kier molecular flexibility index (Phi) is 6.38. The molecule has 2 aromatic heterocycles. The van der Waals surface area contributed by atoms with Crippen molar-refractivity contribution in [3.05, 3.63) is 76.3 Å². The minimum atomic E-state index is -2.88. The second-order valence-corrected chi connectivity index (χ2v) is 9.78. The molecule has 2 aromatic carbocycles. The summed E-state index contributed by atoms with van der Waals surface area (Å²) >= 11 is 6.47. The molecule has 38 heavy (non-hydrogen) atoms. The van der Waals surface area contributed by atoms with Crippen molar-refractivity contribution in [2.75, 3.05) is 25.1 Å². The topological polar surface area (TPSA) is 72.5 Å². The van der Waals surface area contributed by atoms with Gasteiger partial charge in [0.1, 0.15) is 17.3 Å². The summed E-state index contributed by atoms with van der Waals surface area (Å²) in [6.07, 6.45) is 4.56. The summed E-state index contributed by atoms with van der Waals surface area (Å²) in [4.78, 5) is 18.0. The first-order valence-electron chi connectivity index (χ1n) is 11.7. The van der Waals surface area contributed by atoms with Gasteiger partial charge in [-0.25, -0.2) is 22.9 Å². The highest BCUT2D eigenvalue weighted by Crippen LogP contribution is 2.44. The number of ether oxygens (including phenoxy) is 1. The monoisotopic (exact) mass is 544 g/mol. The van der Waals surface area contributed by atoms with E-state index in [1.165, 1.54) is 46.4 Å². The largest absolute Gasteiger partial charge is 0.507 e. The first-order chi connectivity index (χ1) is 18.0. The van der Waals surface area contributed by atoms with E-state index in [4.69, 9.17) is 16.3 Å². The number of aromatic hydroxyl groups is 1. The van der Waals surface area contributed by atoms with Gasteiger partial charge >= 0.3 is 5.69 Å². The summed E-state index contributed by atoms with van der Waals surface area (Å²) in [7, 11) is 3.00. The SMILES string of the molecule is COc1ncc(-c2cc(F)cc(-c3ccc(-n4ccn(C)c4=O)c(Cl)c3)c2O)cc1N1CC(C)C(F)(F)C1. The van der Waals surface area contributed by atoms with E-state index in [1.807, 2.05) is 0 Å². The molecule has 1 N–H and O–H groups in total. The van der Waals surface area contributed by atoms with Crippen molar-refractivity contribution in [2.45, 2.75) is 12.8 Å². The summed E-state index contributed by atoms with van der Waals surface area (Å²) in [5.41, 5.74) is 1.47. The van der Waals surface area contributed by atoms with E-state index in [2.05, 4.69) is 4.98 Å². The number of phenolic OH excluding ortho intramolecular Hbond substituents is 1. The average molecular weight is 545 g/mol. The number of imidazole rings is 1. The fourth-order valence-corrected chi connectivity index (χ4v) is 4.92. The zero-order chi connectivity index (χ0) is 27.4. The molecule has 7 nitrogen and oxygen atoms in total. The van der Waals surface area contributed by atoms with Gasteiger partial charge in [0.05, 0.1) is 24.4 Å². The number of benzene rings is 2. The molecule has 0 saturated carbocycles. The van der Waals surface area contributed by atoms with Crippen LogP contribution < -0.4 is 15.3 Å². The molecule has 0 aliphatic carbocycles. The van der Waals surface area contributed by atoms with E-state index >= 15 is 0 Å². The predicted octanol–water partition coefficient (Wildman–Crippen LogP) is 5.50. The Morgan fingerprint density at radius 1 is 1.11 bits per heavy atom. The van der Waals surface area contributed by atoms with Crippen molar-refractivity contribution < 1.29 is 23.0 Å². The smallest absolute Gasteiger partial charge is 0.332 e. The second-order valence-electron chi connectivity index (χ2n) is 9.37. The van der Waals surface area contributed by atoms with Crippen LogP contribution in [-0.2, 0) is 7.05 Å². The van der Waals surface area contributed by atoms with Gasteiger partial charge in [0, 0.05) is 54.8 Å². The number of pyridine rings is 1. The molecule has 1 unspecified atom stereocenters. The summed E-state index contributed by atoms with van der Waals surface area (Å²) in [6, 6.07) is 8.61. The number of methoxy groups -OCH3 is 1. The lowest BCUT2D eigenvalue weighted by Crippen LogP contribution is -2.26. The number of aryl methyl sites for hydroxylation is 1. The Morgan fingerprint density at radius 2 is 1.82 bits per heavy atom. The Hall–Kier alpha value is -3.92. The molecule has 1 aliphatic rings. The normalized spacial score (nSPS) is 16.7. The summed E-state index contributed by atoms with van der Waals surface area (Å²) in [5.74, 6) is -4.49. The first-order valence-corrected chi connectivity index (χ1v) is 12.1. The Labute approximate surface area is 221 Å². The number of anilines is 1. The number of aromatic nitrogens is 3. The van der Waals surface area contributed by atoms with E-state index in [1.54, 1.807) is 37.6 Å². The van der Waals surface area contributed by atoms with Crippen LogP contribution in [0.1, 0.15) is 6.92 Å². The average Bonchev–Trinajstić information content (AvgIpc) is 3.36. The van der Waals surface area contributed by atoms with Gasteiger partial charge < -0.3 is 19.3 Å². The molecule has 11 heteroatoms. The number of phenols is 1. The minimum absolute atomic E-state index is 0.0875. The molecular weight excluding hydrogens is 521 g/mol. The molecule has 4 aromatic rings. The number of hydrogen-bond acceptors (Lipinski definition) is 5. The Bertz CT molecular complexity index is 1600. The number of alkyl halides is 2. The molecule has 0 spiro atoms. The number of halogens is 4. The van der Waals surface area contributed by atoms with Crippen LogP contribution >= 0.6 is 11.6 Å². The van der Waals surface area contributed by atoms with Gasteiger partial charge in [-0.3, -0.25) is 4.57 Å². The van der Waals surface area contributed by atoms with Crippen molar-refractivity contribution in [3.63, 3.8) is 0 Å². The van der Waals surface area contributed by atoms with Gasteiger partial charge in [0.25, 0.3) is 5.92 Å². The van der Waals surface area contributed by atoms with Crippen molar-refractivity contribution in [1.82, 2.24) is 14.1 Å². The van der Waals surface area contributed by atoms with Crippen LogP contribution in [0.4, 0.5) is 18.9 Å². The quantitative estimate of drug-likeness (QED) is 0.359. The highest BCUT2D eigenvalue weighted by molar-refractivity contribution is 6.32. The molecule has 0 radical (unpaired) electrons. The van der Waals surface area contributed by atoms with Crippen LogP contribution in [0.25, 0.3) is 27.9 Å². The Balaban J connectivity index is 1.57. The van der Waals surface area contributed by atoms with Gasteiger partial charge in [0.2, 0.25) is 5.88 Å². The third-order valence-corrected chi connectivity index (χ3v) is 7.14. The molecule has 198 valence electrons. The van der Waals surface area contributed by atoms with Gasteiger partial charge in [-0.05, 0) is 35.9 Å². The molecule has 1 fully saturated rings. The van der Waals surface area contributed by atoms with Gasteiger partial charge in [-0.2, -0.15) is 0 Å². The number of hydrogen-bond donors (Lipinski definition) is 1. The van der Waals surface area contributed by atoms with E-state index in [-0.39, 0.29) is 40.0 Å². The maximum absolute atomic E-state index is 14.8. The molecule has 0 amide bonds. The molecule has 1 atom stereocenters. The van der Waals surface area contributed by atoms with Crippen molar-refractivity contribution >= 4 is 17.3 Å². The fourth-order valence-electron chi connectivity index (χ4n) is 4.65. The minimum Gasteiger partial charge on any atom is -0.507 e. The molecule has 5 rings (SSSR count). The van der Waals surface area contributed by atoms with Crippen LogP contribution in [0.5, 0.6) is 11.6 Å². The number of rotatable bonds is 5. The van der Waals surface area contributed by atoms with Crippen molar-refractivity contribution in [1.29, 1.82) is 0 Å². The van der Waals surface area contributed by atoms with Crippen LogP contribution in [0.2, 0.25) is 5.02 Å². The van der Waals surface area contributed by atoms with Crippen molar-refractivity contribution in [2.24, 2.45) is 13.0 Å². The van der Waals surface area contributed by atoms with E-state index in [0.29, 0.717) is 22.5 Å². The third-order valence-electron chi connectivity index (χ3n) is 6.83. The summed E-state index contributed by atoms with van der Waals surface area (Å²) in [5, 5.41) is 11.4. The van der Waals surface area contributed by atoms with Crippen LogP contribution in [0.3, 0.4) is 0 Å². The van der Waals surface area contributed by atoms with Crippen LogP contribution in [0, 0.1) is 11.7 Å². The van der Waals surface area contributed by atoms with E-state index < -0.39 is 24.2 Å². The van der Waals surface area contributed by atoms with Crippen LogP contribution in [-0.4, -0.2) is 45.3 Å². The van der Waals surface area contributed by atoms with Gasteiger partial charge in [0.15, 0.2) is 0 Å². The molecule has 1 aliphatic heterocycles. The lowest BCUT2D eigenvalue weighted by Gasteiger charge is -2.21. The maximum atomic E-state index is 14.8. The molecule has 0 bridgehead atoms. The first kappa shape index (κ1) is 25.7. The summed E-state index contributed by atoms with van der Waals surface area (Å²) < 4.78 is 51.4. The third kappa shape index (κ3) is 4.38.